The average Bonchev–Trinajstić information content (AvgIpc) is 2.68. The van der Waals surface area contributed by atoms with Crippen LogP contribution in [0.15, 0.2) is 42.5 Å². The first-order valence-electron chi connectivity index (χ1n) is 7.53. The van der Waals surface area contributed by atoms with Crippen molar-refractivity contribution < 1.29 is 9.84 Å². The molecule has 2 aromatic rings. The number of hydrogen-bond acceptors (Lipinski definition) is 3. The normalized spacial score (nSPS) is 21.4. The summed E-state index contributed by atoms with van der Waals surface area (Å²) in [6.07, 6.45) is 3.57. The van der Waals surface area contributed by atoms with Crippen molar-refractivity contribution >= 4 is 0 Å². The number of benzene rings is 1. The van der Waals surface area contributed by atoms with Gasteiger partial charge in [-0.05, 0) is 48.8 Å². The van der Waals surface area contributed by atoms with Crippen molar-refractivity contribution in [1.29, 1.82) is 0 Å². The second kappa shape index (κ2) is 6.27. The molecular weight excluding hydrogens is 262 g/mol. The zero-order chi connectivity index (χ0) is 14.7. The maximum atomic E-state index is 10.7. The number of nitrogens with zero attached hydrogens (tertiary/aromatic N) is 1. The average molecular weight is 283 g/mol. The van der Waals surface area contributed by atoms with Crippen molar-refractivity contribution in [3.8, 4) is 5.88 Å². The Kier molecular flexibility index (Phi) is 4.20. The van der Waals surface area contributed by atoms with Crippen LogP contribution in [0.1, 0.15) is 35.8 Å². The van der Waals surface area contributed by atoms with Gasteiger partial charge < -0.3 is 9.84 Å². The van der Waals surface area contributed by atoms with Gasteiger partial charge in [-0.1, -0.05) is 30.3 Å². The molecule has 1 N–H and O–H groups in total. The van der Waals surface area contributed by atoms with Gasteiger partial charge in [0.05, 0.1) is 13.2 Å². The summed E-state index contributed by atoms with van der Waals surface area (Å²) >= 11 is 0. The van der Waals surface area contributed by atoms with E-state index in [4.69, 9.17) is 4.74 Å². The summed E-state index contributed by atoms with van der Waals surface area (Å²) in [6.45, 7) is 0. The number of aliphatic hydroxyl groups is 1. The van der Waals surface area contributed by atoms with E-state index in [1.165, 1.54) is 5.56 Å². The molecule has 1 aliphatic carbocycles. The standard InChI is InChI=1S/C18H21NO2/c1-21-17-11-5-9-15(19-17)12-14-8-4-7-13-6-2-3-10-16(13)18(14)20/h2-3,5-6,9-11,14,18,20H,4,7-8,12H2,1H3. The van der Waals surface area contributed by atoms with Crippen molar-refractivity contribution in [2.45, 2.75) is 31.8 Å². The molecule has 2 atom stereocenters. The molecule has 3 rings (SSSR count). The molecule has 1 aromatic carbocycles. The molecule has 0 spiro atoms. The van der Waals surface area contributed by atoms with Gasteiger partial charge in [-0.3, -0.25) is 0 Å². The number of rotatable bonds is 3. The van der Waals surface area contributed by atoms with Crippen LogP contribution in [0, 0.1) is 5.92 Å². The van der Waals surface area contributed by atoms with E-state index in [2.05, 4.69) is 23.2 Å². The minimum atomic E-state index is -0.406. The number of hydrogen-bond donors (Lipinski definition) is 1. The fourth-order valence-electron chi connectivity index (χ4n) is 3.18. The lowest BCUT2D eigenvalue weighted by atomic mass is 9.89. The molecule has 1 aromatic heterocycles. The number of fused-ring (bicyclic) bond motifs is 1. The highest BCUT2D eigenvalue weighted by Gasteiger charge is 2.26. The summed E-state index contributed by atoms with van der Waals surface area (Å²) in [5.74, 6) is 0.851. The van der Waals surface area contributed by atoms with Crippen molar-refractivity contribution in [1.82, 2.24) is 4.98 Å². The number of methoxy groups -OCH3 is 1. The number of aryl methyl sites for hydroxylation is 1. The van der Waals surface area contributed by atoms with Crippen molar-refractivity contribution in [2.24, 2.45) is 5.92 Å². The van der Waals surface area contributed by atoms with E-state index in [-0.39, 0.29) is 5.92 Å². The van der Waals surface area contributed by atoms with Crippen LogP contribution in [0.4, 0.5) is 0 Å². The molecule has 0 bridgehead atoms. The molecule has 0 amide bonds. The lowest BCUT2D eigenvalue weighted by Crippen LogP contribution is -2.15. The van der Waals surface area contributed by atoms with Gasteiger partial charge in [0.15, 0.2) is 0 Å². The summed E-state index contributed by atoms with van der Waals surface area (Å²) in [7, 11) is 1.63. The van der Waals surface area contributed by atoms with Gasteiger partial charge in [-0.25, -0.2) is 4.98 Å². The van der Waals surface area contributed by atoms with Crippen LogP contribution in [0.3, 0.4) is 0 Å². The zero-order valence-corrected chi connectivity index (χ0v) is 12.3. The lowest BCUT2D eigenvalue weighted by molar-refractivity contribution is 0.104. The number of aliphatic hydroxyl groups excluding tert-OH is 1. The third kappa shape index (κ3) is 3.08. The van der Waals surface area contributed by atoms with Crippen LogP contribution >= 0.6 is 0 Å². The molecule has 0 fully saturated rings. The maximum Gasteiger partial charge on any atom is 0.213 e. The van der Waals surface area contributed by atoms with Gasteiger partial charge >= 0.3 is 0 Å². The number of aromatic nitrogens is 1. The predicted molar refractivity (Wildman–Crippen MR) is 82.3 cm³/mol. The van der Waals surface area contributed by atoms with Crippen LogP contribution in [0.2, 0.25) is 0 Å². The van der Waals surface area contributed by atoms with E-state index in [1.54, 1.807) is 7.11 Å². The topological polar surface area (TPSA) is 42.4 Å². The van der Waals surface area contributed by atoms with Gasteiger partial charge in [-0.15, -0.1) is 0 Å². The first-order chi connectivity index (χ1) is 10.3. The lowest BCUT2D eigenvalue weighted by Gasteiger charge is -2.21. The highest BCUT2D eigenvalue weighted by molar-refractivity contribution is 5.31. The molecule has 1 heterocycles. The SMILES string of the molecule is COc1cccc(CC2CCCc3ccccc3C2O)n1. The third-order valence-corrected chi connectivity index (χ3v) is 4.30. The molecule has 0 aliphatic heterocycles. The van der Waals surface area contributed by atoms with E-state index >= 15 is 0 Å². The molecule has 110 valence electrons. The molecule has 1 aliphatic rings. The van der Waals surface area contributed by atoms with Gasteiger partial charge in [0, 0.05) is 11.8 Å². The Bertz CT molecular complexity index is 612. The Hall–Kier alpha value is -1.87. The highest BCUT2D eigenvalue weighted by atomic mass is 16.5. The maximum absolute atomic E-state index is 10.7. The van der Waals surface area contributed by atoms with E-state index in [0.717, 1.165) is 36.9 Å². The van der Waals surface area contributed by atoms with Gasteiger partial charge in [0.25, 0.3) is 0 Å². The molecule has 2 unspecified atom stereocenters. The second-order valence-electron chi connectivity index (χ2n) is 5.67. The zero-order valence-electron chi connectivity index (χ0n) is 12.3. The summed E-state index contributed by atoms with van der Waals surface area (Å²) in [5.41, 5.74) is 3.35. The summed E-state index contributed by atoms with van der Waals surface area (Å²) < 4.78 is 5.18. The fraction of sp³-hybridized carbons (Fsp3) is 0.389. The number of ether oxygens (including phenoxy) is 1. The smallest absolute Gasteiger partial charge is 0.213 e. The monoisotopic (exact) mass is 283 g/mol. The minimum absolute atomic E-state index is 0.216. The van der Waals surface area contributed by atoms with Crippen LogP contribution < -0.4 is 4.74 Å². The first kappa shape index (κ1) is 14.1. The molecule has 21 heavy (non-hydrogen) atoms. The number of pyridine rings is 1. The van der Waals surface area contributed by atoms with Gasteiger partial charge in [0.2, 0.25) is 5.88 Å². The summed E-state index contributed by atoms with van der Waals surface area (Å²) in [4.78, 5) is 4.47. The van der Waals surface area contributed by atoms with E-state index < -0.39 is 6.10 Å². The quantitative estimate of drug-likeness (QED) is 0.879. The molecule has 0 saturated carbocycles. The Morgan fingerprint density at radius 1 is 1.19 bits per heavy atom. The van der Waals surface area contributed by atoms with Crippen molar-refractivity contribution in [3.63, 3.8) is 0 Å². The van der Waals surface area contributed by atoms with Crippen LogP contribution in [-0.4, -0.2) is 17.2 Å². The first-order valence-corrected chi connectivity index (χ1v) is 7.53. The Morgan fingerprint density at radius 3 is 2.90 bits per heavy atom. The molecule has 3 heteroatoms. The van der Waals surface area contributed by atoms with Crippen molar-refractivity contribution in [2.75, 3.05) is 7.11 Å². The van der Waals surface area contributed by atoms with Crippen LogP contribution in [0.25, 0.3) is 0 Å². The molecule has 3 nitrogen and oxygen atoms in total. The summed E-state index contributed by atoms with van der Waals surface area (Å²) in [5, 5.41) is 10.7. The van der Waals surface area contributed by atoms with Gasteiger partial charge in [-0.2, -0.15) is 0 Å². The fourth-order valence-corrected chi connectivity index (χ4v) is 3.18. The second-order valence-corrected chi connectivity index (χ2v) is 5.67. The van der Waals surface area contributed by atoms with Gasteiger partial charge in [0.1, 0.15) is 0 Å². The van der Waals surface area contributed by atoms with Crippen LogP contribution in [-0.2, 0) is 12.8 Å². The molecular formula is C18H21NO2. The Balaban J connectivity index is 1.82. The minimum Gasteiger partial charge on any atom is -0.481 e. The van der Waals surface area contributed by atoms with E-state index in [9.17, 15) is 5.11 Å². The molecule has 0 radical (unpaired) electrons. The van der Waals surface area contributed by atoms with Crippen LogP contribution in [0.5, 0.6) is 5.88 Å². The Morgan fingerprint density at radius 2 is 2.05 bits per heavy atom. The van der Waals surface area contributed by atoms with Crippen molar-refractivity contribution in [3.05, 3.63) is 59.3 Å². The Labute approximate surface area is 125 Å². The highest BCUT2D eigenvalue weighted by Crippen LogP contribution is 2.34. The molecule has 0 saturated heterocycles. The van der Waals surface area contributed by atoms with E-state index in [0.29, 0.717) is 5.88 Å². The summed E-state index contributed by atoms with van der Waals surface area (Å²) in [6, 6.07) is 14.1. The largest absolute Gasteiger partial charge is 0.481 e. The van der Waals surface area contributed by atoms with E-state index in [1.807, 2.05) is 24.3 Å². The predicted octanol–water partition coefficient (Wildman–Crippen LogP) is 3.32. The third-order valence-electron chi connectivity index (χ3n) is 4.30.